The third-order valence-corrected chi connectivity index (χ3v) is 4.05. The van der Waals surface area contributed by atoms with Crippen LogP contribution in [0.2, 0.25) is 0 Å². The fourth-order valence-corrected chi connectivity index (χ4v) is 2.49. The molecule has 152 valence electrons. The van der Waals surface area contributed by atoms with Crippen molar-refractivity contribution in [3.8, 4) is 0 Å². The minimum atomic E-state index is -1.67. The molecular formula is C19H31Cl3O4. The fourth-order valence-electron chi connectivity index (χ4n) is 2.32. The molecule has 26 heavy (non-hydrogen) atoms. The first kappa shape index (κ1) is 25.6. The molecule has 0 atom stereocenters. The lowest BCUT2D eigenvalue weighted by atomic mass is 10.1. The van der Waals surface area contributed by atoms with Crippen LogP contribution in [-0.2, 0) is 19.1 Å². The highest BCUT2D eigenvalue weighted by Gasteiger charge is 2.21. The summed E-state index contributed by atoms with van der Waals surface area (Å²) in [5, 5.41) is 0. The topological polar surface area (TPSA) is 52.6 Å². The van der Waals surface area contributed by atoms with Gasteiger partial charge in [-0.1, -0.05) is 106 Å². The first-order valence-electron chi connectivity index (χ1n) is 9.43. The molecule has 7 heteroatoms. The second-order valence-corrected chi connectivity index (χ2v) is 8.78. The lowest BCUT2D eigenvalue weighted by molar-refractivity contribution is -0.140. The minimum absolute atomic E-state index is 0.351. The molecule has 4 nitrogen and oxygen atoms in total. The van der Waals surface area contributed by atoms with Crippen LogP contribution in [-0.4, -0.2) is 28.9 Å². The largest absolute Gasteiger partial charge is 0.463 e. The van der Waals surface area contributed by atoms with Crippen LogP contribution in [0.1, 0.15) is 77.6 Å². The highest BCUT2D eigenvalue weighted by Crippen LogP contribution is 2.25. The normalized spacial score (nSPS) is 11.7. The van der Waals surface area contributed by atoms with Crippen molar-refractivity contribution >= 4 is 46.7 Å². The number of carbonyl (C=O) groups excluding carboxylic acids is 2. The number of esters is 2. The van der Waals surface area contributed by atoms with E-state index in [9.17, 15) is 9.59 Å². The van der Waals surface area contributed by atoms with Crippen molar-refractivity contribution < 1.29 is 19.1 Å². The van der Waals surface area contributed by atoms with Crippen LogP contribution in [0.5, 0.6) is 0 Å². The molecule has 0 aromatic heterocycles. The van der Waals surface area contributed by atoms with E-state index in [1.807, 2.05) is 0 Å². The van der Waals surface area contributed by atoms with E-state index >= 15 is 0 Å². The Hall–Kier alpha value is -0.450. The van der Waals surface area contributed by atoms with Crippen molar-refractivity contribution in [3.05, 3.63) is 12.2 Å². The van der Waals surface area contributed by atoms with Crippen molar-refractivity contribution in [3.63, 3.8) is 0 Å². The Morgan fingerprint density at radius 2 is 1.15 bits per heavy atom. The molecule has 0 aliphatic carbocycles. The Balaban J connectivity index is 3.46. The van der Waals surface area contributed by atoms with Crippen molar-refractivity contribution in [2.75, 3.05) is 13.2 Å². The number of hydrogen-bond acceptors (Lipinski definition) is 4. The Kier molecular flexibility index (Phi) is 16.4. The maximum Gasteiger partial charge on any atom is 0.331 e. The molecule has 0 saturated heterocycles. The molecule has 0 aliphatic heterocycles. The summed E-state index contributed by atoms with van der Waals surface area (Å²) in [6.07, 6.45) is 15.5. The van der Waals surface area contributed by atoms with E-state index in [1.54, 1.807) is 0 Å². The predicted octanol–water partition coefficient (Wildman–Crippen LogP) is 6.31. The van der Waals surface area contributed by atoms with Crippen molar-refractivity contribution in [2.45, 2.75) is 81.3 Å². The zero-order valence-corrected chi connectivity index (χ0v) is 17.9. The van der Waals surface area contributed by atoms with Gasteiger partial charge < -0.3 is 9.47 Å². The van der Waals surface area contributed by atoms with Crippen LogP contribution in [0, 0.1) is 0 Å². The lowest BCUT2D eigenvalue weighted by Gasteiger charge is -2.09. The van der Waals surface area contributed by atoms with E-state index in [0.717, 1.165) is 31.4 Å². The van der Waals surface area contributed by atoms with E-state index in [0.29, 0.717) is 6.61 Å². The van der Waals surface area contributed by atoms with Gasteiger partial charge in [0.2, 0.25) is 3.79 Å². The molecule has 0 N–H and O–H groups in total. The van der Waals surface area contributed by atoms with Crippen LogP contribution in [0.4, 0.5) is 0 Å². The molecule has 0 rings (SSSR count). The monoisotopic (exact) mass is 428 g/mol. The van der Waals surface area contributed by atoms with Gasteiger partial charge in [0.15, 0.2) is 0 Å². The number of rotatable bonds is 15. The van der Waals surface area contributed by atoms with Gasteiger partial charge in [0, 0.05) is 12.2 Å². The van der Waals surface area contributed by atoms with Gasteiger partial charge in [0.25, 0.3) is 0 Å². The summed E-state index contributed by atoms with van der Waals surface area (Å²) in [4.78, 5) is 22.7. The second-order valence-electron chi connectivity index (χ2n) is 6.26. The van der Waals surface area contributed by atoms with E-state index in [2.05, 4.69) is 11.7 Å². The van der Waals surface area contributed by atoms with Crippen LogP contribution in [0.25, 0.3) is 0 Å². The maximum atomic E-state index is 11.4. The summed E-state index contributed by atoms with van der Waals surface area (Å²) in [6, 6.07) is 0. The molecule has 0 aromatic carbocycles. The number of hydrogen-bond donors (Lipinski definition) is 0. The highest BCUT2D eigenvalue weighted by molar-refractivity contribution is 6.67. The fraction of sp³-hybridized carbons (Fsp3) is 0.789. The Morgan fingerprint density at radius 3 is 1.62 bits per heavy atom. The third kappa shape index (κ3) is 19.9. The van der Waals surface area contributed by atoms with Crippen LogP contribution in [0.3, 0.4) is 0 Å². The van der Waals surface area contributed by atoms with Gasteiger partial charge in [0.1, 0.15) is 6.61 Å². The van der Waals surface area contributed by atoms with E-state index < -0.39 is 15.7 Å². The summed E-state index contributed by atoms with van der Waals surface area (Å²) in [7, 11) is 0. The summed E-state index contributed by atoms with van der Waals surface area (Å²) >= 11 is 16.3. The zero-order chi connectivity index (χ0) is 19.7. The van der Waals surface area contributed by atoms with Crippen molar-refractivity contribution in [2.24, 2.45) is 0 Å². The molecule has 0 heterocycles. The van der Waals surface area contributed by atoms with Crippen LogP contribution >= 0.6 is 34.8 Å². The number of halogens is 3. The summed E-state index contributed by atoms with van der Waals surface area (Å²) in [5.41, 5.74) is 0. The van der Waals surface area contributed by atoms with Gasteiger partial charge in [0.05, 0.1) is 6.61 Å². The van der Waals surface area contributed by atoms with E-state index in [1.165, 1.54) is 51.4 Å². The molecular weight excluding hydrogens is 399 g/mol. The molecule has 0 spiro atoms. The number of ether oxygens (including phenoxy) is 2. The standard InChI is InChI=1S/C19H31Cl3O4/c1-2-3-4-5-6-7-8-9-10-11-12-15-25-17(23)13-14-18(24)26-16-19(20,21)22/h13-14H,2-12,15-16H2,1H3/b14-13+. The van der Waals surface area contributed by atoms with Gasteiger partial charge in [-0.2, -0.15) is 0 Å². The van der Waals surface area contributed by atoms with Gasteiger partial charge >= 0.3 is 11.9 Å². The molecule has 0 amide bonds. The molecule has 0 saturated carbocycles. The molecule has 0 radical (unpaired) electrons. The molecule has 0 bridgehead atoms. The Morgan fingerprint density at radius 1 is 0.731 bits per heavy atom. The van der Waals surface area contributed by atoms with Crippen LogP contribution in [0.15, 0.2) is 12.2 Å². The van der Waals surface area contributed by atoms with E-state index in [4.69, 9.17) is 39.5 Å². The van der Waals surface area contributed by atoms with E-state index in [-0.39, 0.29) is 6.61 Å². The number of unbranched alkanes of at least 4 members (excludes halogenated alkanes) is 10. The number of carbonyl (C=O) groups is 2. The van der Waals surface area contributed by atoms with Crippen LogP contribution < -0.4 is 0 Å². The Labute approximate surface area is 172 Å². The average Bonchev–Trinajstić information content (AvgIpc) is 2.58. The second kappa shape index (κ2) is 16.7. The molecule has 0 unspecified atom stereocenters. The Bertz CT molecular complexity index is 406. The molecule has 0 aromatic rings. The first-order valence-corrected chi connectivity index (χ1v) is 10.6. The van der Waals surface area contributed by atoms with Crippen molar-refractivity contribution in [1.29, 1.82) is 0 Å². The predicted molar refractivity (Wildman–Crippen MR) is 108 cm³/mol. The van der Waals surface area contributed by atoms with Gasteiger partial charge in [-0.15, -0.1) is 0 Å². The number of alkyl halides is 3. The highest BCUT2D eigenvalue weighted by atomic mass is 35.6. The first-order chi connectivity index (χ1) is 12.3. The van der Waals surface area contributed by atoms with Crippen molar-refractivity contribution in [1.82, 2.24) is 0 Å². The third-order valence-electron chi connectivity index (χ3n) is 3.73. The summed E-state index contributed by atoms with van der Waals surface area (Å²) in [6.45, 7) is 2.20. The molecule has 0 aliphatic rings. The van der Waals surface area contributed by atoms with Gasteiger partial charge in [-0.25, -0.2) is 9.59 Å². The molecule has 0 fully saturated rings. The minimum Gasteiger partial charge on any atom is -0.463 e. The van der Waals surface area contributed by atoms with Gasteiger partial charge in [-0.05, 0) is 6.42 Å². The zero-order valence-electron chi connectivity index (χ0n) is 15.6. The lowest BCUT2D eigenvalue weighted by Crippen LogP contribution is -2.16. The van der Waals surface area contributed by atoms with Gasteiger partial charge in [-0.3, -0.25) is 0 Å². The quantitative estimate of drug-likeness (QED) is 0.132. The SMILES string of the molecule is CCCCCCCCCCCCCOC(=O)/C=C/C(=O)OCC(Cl)(Cl)Cl. The summed E-state index contributed by atoms with van der Waals surface area (Å²) in [5.74, 6) is -1.34. The summed E-state index contributed by atoms with van der Waals surface area (Å²) < 4.78 is 7.99. The average molecular weight is 430 g/mol. The smallest absolute Gasteiger partial charge is 0.331 e. The maximum absolute atomic E-state index is 11.4.